The Bertz CT molecular complexity index is 888. The maximum Gasteiger partial charge on any atom is 0.256 e. The van der Waals surface area contributed by atoms with Crippen molar-refractivity contribution in [3.63, 3.8) is 0 Å². The van der Waals surface area contributed by atoms with Crippen LogP contribution in [0.1, 0.15) is 6.92 Å². The van der Waals surface area contributed by atoms with Crippen molar-refractivity contribution in [1.82, 2.24) is 14.9 Å². The highest BCUT2D eigenvalue weighted by atomic mass is 32.1. The number of carbonyl (C=O) groups excluding carboxylic acids is 1. The molecule has 0 bridgehead atoms. The molecule has 2 aromatic heterocycles. The summed E-state index contributed by atoms with van der Waals surface area (Å²) < 4.78 is 5.60. The molecule has 1 unspecified atom stereocenters. The minimum absolute atomic E-state index is 0.127. The molecule has 1 atom stereocenters. The molecule has 3 aromatic rings. The molecule has 6 nitrogen and oxygen atoms in total. The quantitative estimate of drug-likeness (QED) is 0.754. The number of thiazole rings is 1. The van der Waals surface area contributed by atoms with Crippen molar-refractivity contribution in [3.8, 4) is 11.3 Å². The molecule has 1 aromatic carbocycles. The second-order valence-electron chi connectivity index (χ2n) is 6.03. The minimum atomic E-state index is -0.436. The molecule has 7 heteroatoms. The second kappa shape index (κ2) is 6.95. The van der Waals surface area contributed by atoms with Gasteiger partial charge in [-0.2, -0.15) is 0 Å². The van der Waals surface area contributed by atoms with Crippen molar-refractivity contribution in [2.45, 2.75) is 13.0 Å². The first-order chi connectivity index (χ1) is 12.2. The van der Waals surface area contributed by atoms with Crippen molar-refractivity contribution < 1.29 is 9.53 Å². The van der Waals surface area contributed by atoms with Crippen LogP contribution in [0.15, 0.2) is 35.8 Å². The van der Waals surface area contributed by atoms with Crippen LogP contribution in [0.3, 0.4) is 0 Å². The van der Waals surface area contributed by atoms with Gasteiger partial charge in [0.05, 0.1) is 12.3 Å². The molecule has 130 valence electrons. The number of likely N-dealkylation sites (N-methyl/N-ethyl adjacent to an activating group) is 1. The number of aromatic nitrogens is 2. The lowest BCUT2D eigenvalue weighted by Gasteiger charge is -2.30. The largest absolute Gasteiger partial charge is 0.366 e. The maximum absolute atomic E-state index is 12.4. The van der Waals surface area contributed by atoms with Crippen molar-refractivity contribution in [2.75, 3.05) is 31.6 Å². The number of benzene rings is 1. The SMILES string of the molecule is CCN1CCOC(C(=O)Nc2nc(-c3c[nH]c4ccccc34)cs2)C1. The first-order valence-corrected chi connectivity index (χ1v) is 9.29. The van der Waals surface area contributed by atoms with Crippen LogP contribution in [-0.4, -0.2) is 53.1 Å². The van der Waals surface area contributed by atoms with Crippen LogP contribution in [0.2, 0.25) is 0 Å². The number of nitrogens with zero attached hydrogens (tertiary/aromatic N) is 2. The predicted octanol–water partition coefficient (Wildman–Crippen LogP) is 2.95. The number of carbonyl (C=O) groups is 1. The molecule has 1 aliphatic heterocycles. The van der Waals surface area contributed by atoms with E-state index in [9.17, 15) is 4.79 Å². The van der Waals surface area contributed by atoms with Crippen LogP contribution < -0.4 is 5.32 Å². The predicted molar refractivity (Wildman–Crippen MR) is 99.9 cm³/mol. The van der Waals surface area contributed by atoms with E-state index in [-0.39, 0.29) is 5.91 Å². The summed E-state index contributed by atoms with van der Waals surface area (Å²) >= 11 is 1.43. The molecule has 2 N–H and O–H groups in total. The molecular weight excluding hydrogens is 336 g/mol. The Balaban J connectivity index is 1.49. The minimum Gasteiger partial charge on any atom is -0.366 e. The summed E-state index contributed by atoms with van der Waals surface area (Å²) in [7, 11) is 0. The molecule has 25 heavy (non-hydrogen) atoms. The molecule has 3 heterocycles. The highest BCUT2D eigenvalue weighted by molar-refractivity contribution is 7.14. The first kappa shape index (κ1) is 16.3. The average Bonchev–Trinajstić information content (AvgIpc) is 3.28. The number of rotatable bonds is 4. The normalized spacial score (nSPS) is 18.5. The molecule has 0 aliphatic carbocycles. The van der Waals surface area contributed by atoms with E-state index in [1.165, 1.54) is 11.3 Å². The van der Waals surface area contributed by atoms with Crippen molar-refractivity contribution in [2.24, 2.45) is 0 Å². The fourth-order valence-electron chi connectivity index (χ4n) is 3.07. The van der Waals surface area contributed by atoms with Gasteiger partial charge in [0, 0.05) is 41.1 Å². The molecule has 1 aliphatic rings. The summed E-state index contributed by atoms with van der Waals surface area (Å²) in [6, 6.07) is 8.11. The Morgan fingerprint density at radius 3 is 3.24 bits per heavy atom. The van der Waals surface area contributed by atoms with Gasteiger partial charge in [-0.15, -0.1) is 11.3 Å². The number of amides is 1. The highest BCUT2D eigenvalue weighted by Crippen LogP contribution is 2.31. The second-order valence-corrected chi connectivity index (χ2v) is 6.89. The molecule has 1 saturated heterocycles. The zero-order chi connectivity index (χ0) is 17.2. The van der Waals surface area contributed by atoms with Crippen molar-refractivity contribution in [3.05, 3.63) is 35.8 Å². The summed E-state index contributed by atoms with van der Waals surface area (Å²) in [4.78, 5) is 22.5. The van der Waals surface area contributed by atoms with Gasteiger partial charge >= 0.3 is 0 Å². The number of hydrogen-bond donors (Lipinski definition) is 2. The van der Waals surface area contributed by atoms with Gasteiger partial charge in [0.2, 0.25) is 0 Å². The number of aromatic amines is 1. The monoisotopic (exact) mass is 356 g/mol. The lowest BCUT2D eigenvalue weighted by Crippen LogP contribution is -2.47. The number of para-hydroxylation sites is 1. The van der Waals surface area contributed by atoms with Crippen LogP contribution in [0, 0.1) is 0 Å². The Hall–Kier alpha value is -2.22. The van der Waals surface area contributed by atoms with Crippen LogP contribution in [-0.2, 0) is 9.53 Å². The van der Waals surface area contributed by atoms with Gasteiger partial charge in [0.15, 0.2) is 5.13 Å². The van der Waals surface area contributed by atoms with Gasteiger partial charge in [-0.1, -0.05) is 25.1 Å². The average molecular weight is 356 g/mol. The van der Waals surface area contributed by atoms with Gasteiger partial charge in [-0.05, 0) is 12.6 Å². The molecule has 0 spiro atoms. The number of fused-ring (bicyclic) bond motifs is 1. The third-order valence-corrected chi connectivity index (χ3v) is 5.25. The maximum atomic E-state index is 12.4. The Kier molecular flexibility index (Phi) is 4.52. The summed E-state index contributed by atoms with van der Waals surface area (Å²) in [6.45, 7) is 5.11. The van der Waals surface area contributed by atoms with E-state index in [1.54, 1.807) is 0 Å². The zero-order valence-corrected chi connectivity index (χ0v) is 14.8. The van der Waals surface area contributed by atoms with Gasteiger partial charge < -0.3 is 9.72 Å². The van der Waals surface area contributed by atoms with Gasteiger partial charge in [-0.3, -0.25) is 15.0 Å². The standard InChI is InChI=1S/C18H20N4O2S/c1-2-22-7-8-24-16(10-22)17(23)21-18-20-15(11-25-18)13-9-19-14-6-4-3-5-12(13)14/h3-6,9,11,16,19H,2,7-8,10H2,1H3,(H,20,21,23). The summed E-state index contributed by atoms with van der Waals surface area (Å²) in [5.41, 5.74) is 2.97. The van der Waals surface area contributed by atoms with Gasteiger partial charge in [0.1, 0.15) is 6.10 Å². The summed E-state index contributed by atoms with van der Waals surface area (Å²) in [5, 5.41) is 6.58. The number of ether oxygens (including phenoxy) is 1. The zero-order valence-electron chi connectivity index (χ0n) is 14.0. The smallest absolute Gasteiger partial charge is 0.256 e. The fourth-order valence-corrected chi connectivity index (χ4v) is 3.79. The Morgan fingerprint density at radius 2 is 2.36 bits per heavy atom. The number of H-pyrrole nitrogens is 1. The highest BCUT2D eigenvalue weighted by Gasteiger charge is 2.26. The lowest BCUT2D eigenvalue weighted by atomic mass is 10.1. The molecule has 0 saturated carbocycles. The number of hydrogen-bond acceptors (Lipinski definition) is 5. The van der Waals surface area contributed by atoms with Gasteiger partial charge in [-0.25, -0.2) is 4.98 Å². The molecule has 4 rings (SSSR count). The van der Waals surface area contributed by atoms with E-state index in [1.807, 2.05) is 29.8 Å². The topological polar surface area (TPSA) is 70.2 Å². The Morgan fingerprint density at radius 1 is 1.48 bits per heavy atom. The molecule has 0 radical (unpaired) electrons. The molecule has 1 amide bonds. The molecular formula is C18H20N4O2S. The number of morpholine rings is 1. The number of anilines is 1. The van der Waals surface area contributed by atoms with E-state index < -0.39 is 6.10 Å². The van der Waals surface area contributed by atoms with E-state index in [4.69, 9.17) is 4.74 Å². The van der Waals surface area contributed by atoms with Crippen LogP contribution in [0.25, 0.3) is 22.2 Å². The van der Waals surface area contributed by atoms with Crippen molar-refractivity contribution >= 4 is 33.3 Å². The third-order valence-electron chi connectivity index (χ3n) is 4.49. The van der Waals surface area contributed by atoms with E-state index in [0.29, 0.717) is 18.3 Å². The lowest BCUT2D eigenvalue weighted by molar-refractivity contribution is -0.132. The van der Waals surface area contributed by atoms with Crippen LogP contribution >= 0.6 is 11.3 Å². The van der Waals surface area contributed by atoms with E-state index >= 15 is 0 Å². The summed E-state index contributed by atoms with van der Waals surface area (Å²) in [5.74, 6) is -0.127. The third kappa shape index (κ3) is 3.30. The Labute approximate surface area is 149 Å². The van der Waals surface area contributed by atoms with E-state index in [2.05, 4.69) is 33.2 Å². The van der Waals surface area contributed by atoms with Crippen LogP contribution in [0.4, 0.5) is 5.13 Å². The fraction of sp³-hybridized carbons (Fsp3) is 0.333. The number of nitrogens with one attached hydrogen (secondary N) is 2. The van der Waals surface area contributed by atoms with E-state index in [0.717, 1.165) is 35.2 Å². The summed E-state index contributed by atoms with van der Waals surface area (Å²) in [6.07, 6.45) is 1.52. The van der Waals surface area contributed by atoms with Crippen molar-refractivity contribution in [1.29, 1.82) is 0 Å². The van der Waals surface area contributed by atoms with Crippen LogP contribution in [0.5, 0.6) is 0 Å². The molecule has 1 fully saturated rings. The first-order valence-electron chi connectivity index (χ1n) is 8.41. The van der Waals surface area contributed by atoms with Gasteiger partial charge in [0.25, 0.3) is 5.91 Å².